The number of furan rings is 1. The average Bonchev–Trinajstić information content (AvgIpc) is 3.23. The summed E-state index contributed by atoms with van der Waals surface area (Å²) in [6.07, 6.45) is 3.77. The molecule has 3 rings (SSSR count). The second kappa shape index (κ2) is 6.18. The first-order valence-electron chi connectivity index (χ1n) is 7.75. The van der Waals surface area contributed by atoms with Crippen LogP contribution < -0.4 is 0 Å². The number of aryl methyl sites for hydroxylation is 1. The maximum absolute atomic E-state index is 12.2. The lowest BCUT2D eigenvalue weighted by atomic mass is 10.0. The lowest BCUT2D eigenvalue weighted by Crippen LogP contribution is -2.25. The summed E-state index contributed by atoms with van der Waals surface area (Å²) in [5, 5.41) is 6.13. The highest BCUT2D eigenvalue weighted by Crippen LogP contribution is 2.33. The van der Waals surface area contributed by atoms with E-state index >= 15 is 0 Å². The summed E-state index contributed by atoms with van der Waals surface area (Å²) >= 11 is 0. The van der Waals surface area contributed by atoms with E-state index in [1.807, 2.05) is 19.1 Å². The van der Waals surface area contributed by atoms with Crippen LogP contribution in [0.5, 0.6) is 0 Å². The number of hydrogen-bond acceptors (Lipinski definition) is 3. The van der Waals surface area contributed by atoms with Crippen molar-refractivity contribution in [3.63, 3.8) is 0 Å². The van der Waals surface area contributed by atoms with Crippen molar-refractivity contribution in [2.24, 2.45) is 5.10 Å². The Labute approximate surface area is 130 Å². The SMILES string of the molecule is CCC(=O)N1N=C(c2ccc(CC)cc2)CC1c1ccco1. The molecule has 2 heterocycles. The van der Waals surface area contributed by atoms with Gasteiger partial charge < -0.3 is 4.42 Å². The van der Waals surface area contributed by atoms with Crippen LogP contribution in [0.3, 0.4) is 0 Å². The van der Waals surface area contributed by atoms with Crippen molar-refractivity contribution in [2.75, 3.05) is 0 Å². The summed E-state index contributed by atoms with van der Waals surface area (Å²) in [6, 6.07) is 12.0. The standard InChI is InChI=1S/C18H20N2O2/c1-3-13-7-9-14(10-8-13)15-12-16(17-6-5-11-22-17)20(19-15)18(21)4-2/h5-11,16H,3-4,12H2,1-2H3. The van der Waals surface area contributed by atoms with Gasteiger partial charge in [0.2, 0.25) is 5.91 Å². The highest BCUT2D eigenvalue weighted by atomic mass is 16.3. The van der Waals surface area contributed by atoms with E-state index in [0.29, 0.717) is 12.8 Å². The first-order chi connectivity index (χ1) is 10.7. The molecule has 0 aliphatic carbocycles. The highest BCUT2D eigenvalue weighted by Gasteiger charge is 2.33. The Kier molecular flexibility index (Phi) is 4.09. The summed E-state index contributed by atoms with van der Waals surface area (Å²) < 4.78 is 5.50. The van der Waals surface area contributed by atoms with Gasteiger partial charge in [-0.25, -0.2) is 5.01 Å². The fourth-order valence-corrected chi connectivity index (χ4v) is 2.71. The van der Waals surface area contributed by atoms with E-state index in [0.717, 1.165) is 23.5 Å². The van der Waals surface area contributed by atoms with Gasteiger partial charge in [-0.15, -0.1) is 0 Å². The number of carbonyl (C=O) groups excluding carboxylic acids is 1. The monoisotopic (exact) mass is 296 g/mol. The Morgan fingerprint density at radius 1 is 1.27 bits per heavy atom. The van der Waals surface area contributed by atoms with Gasteiger partial charge in [-0.2, -0.15) is 5.10 Å². The van der Waals surface area contributed by atoms with Crippen LogP contribution in [0.2, 0.25) is 0 Å². The second-order valence-electron chi connectivity index (χ2n) is 5.42. The van der Waals surface area contributed by atoms with Gasteiger partial charge in [0.15, 0.2) is 0 Å². The first-order valence-corrected chi connectivity index (χ1v) is 7.75. The van der Waals surface area contributed by atoms with Crippen LogP contribution in [0.1, 0.15) is 49.6 Å². The van der Waals surface area contributed by atoms with Gasteiger partial charge in [0, 0.05) is 12.8 Å². The quantitative estimate of drug-likeness (QED) is 0.858. The summed E-state index contributed by atoms with van der Waals surface area (Å²) in [7, 11) is 0. The van der Waals surface area contributed by atoms with Gasteiger partial charge >= 0.3 is 0 Å². The molecule has 0 fully saturated rings. The minimum atomic E-state index is -0.136. The van der Waals surface area contributed by atoms with Gasteiger partial charge in [-0.1, -0.05) is 38.1 Å². The van der Waals surface area contributed by atoms with Gasteiger partial charge in [0.05, 0.1) is 12.0 Å². The van der Waals surface area contributed by atoms with E-state index in [-0.39, 0.29) is 11.9 Å². The zero-order chi connectivity index (χ0) is 15.5. The molecule has 4 nitrogen and oxygen atoms in total. The van der Waals surface area contributed by atoms with Crippen LogP contribution in [-0.2, 0) is 11.2 Å². The molecule has 0 saturated heterocycles. The maximum atomic E-state index is 12.2. The number of hydrogen-bond donors (Lipinski definition) is 0. The van der Waals surface area contributed by atoms with Crippen molar-refractivity contribution < 1.29 is 9.21 Å². The fourth-order valence-electron chi connectivity index (χ4n) is 2.71. The molecule has 114 valence electrons. The van der Waals surface area contributed by atoms with Crippen molar-refractivity contribution in [1.29, 1.82) is 0 Å². The second-order valence-corrected chi connectivity index (χ2v) is 5.42. The van der Waals surface area contributed by atoms with E-state index in [9.17, 15) is 4.79 Å². The number of rotatable bonds is 4. The molecule has 0 radical (unpaired) electrons. The van der Waals surface area contributed by atoms with Gasteiger partial charge in [-0.05, 0) is 29.7 Å². The predicted octanol–water partition coefficient (Wildman–Crippen LogP) is 3.93. The normalized spacial score (nSPS) is 17.6. The zero-order valence-corrected chi connectivity index (χ0v) is 13.0. The molecule has 0 saturated carbocycles. The number of benzene rings is 1. The molecular formula is C18H20N2O2. The average molecular weight is 296 g/mol. The summed E-state index contributed by atoms with van der Waals surface area (Å²) in [5.74, 6) is 0.798. The Morgan fingerprint density at radius 2 is 2.05 bits per heavy atom. The molecule has 1 aliphatic heterocycles. The molecule has 22 heavy (non-hydrogen) atoms. The van der Waals surface area contributed by atoms with E-state index in [2.05, 4.69) is 36.3 Å². The maximum Gasteiger partial charge on any atom is 0.243 e. The summed E-state index contributed by atoms with van der Waals surface area (Å²) in [4.78, 5) is 12.2. The van der Waals surface area contributed by atoms with E-state index in [1.54, 1.807) is 11.3 Å². The van der Waals surface area contributed by atoms with Crippen LogP contribution in [-0.4, -0.2) is 16.6 Å². The van der Waals surface area contributed by atoms with Gasteiger partial charge in [-0.3, -0.25) is 4.79 Å². The topological polar surface area (TPSA) is 45.8 Å². The van der Waals surface area contributed by atoms with Gasteiger partial charge in [0.25, 0.3) is 0 Å². The molecule has 4 heteroatoms. The van der Waals surface area contributed by atoms with Crippen molar-refractivity contribution in [2.45, 2.75) is 39.2 Å². The zero-order valence-electron chi connectivity index (χ0n) is 13.0. The predicted molar refractivity (Wildman–Crippen MR) is 85.6 cm³/mol. The Hall–Kier alpha value is -2.36. The van der Waals surface area contributed by atoms with E-state index in [1.165, 1.54) is 5.56 Å². The van der Waals surface area contributed by atoms with Crippen molar-refractivity contribution in [1.82, 2.24) is 5.01 Å². The molecule has 1 unspecified atom stereocenters. The largest absolute Gasteiger partial charge is 0.467 e. The molecule has 2 aromatic rings. The molecule has 1 aliphatic rings. The molecule has 1 amide bonds. The summed E-state index contributed by atoms with van der Waals surface area (Å²) in [6.45, 7) is 3.99. The number of amides is 1. The van der Waals surface area contributed by atoms with Crippen molar-refractivity contribution in [3.05, 3.63) is 59.5 Å². The Bertz CT molecular complexity index is 672. The lowest BCUT2D eigenvalue weighted by molar-refractivity contribution is -0.133. The molecule has 0 bridgehead atoms. The minimum absolute atomic E-state index is 0.0154. The minimum Gasteiger partial charge on any atom is -0.467 e. The Morgan fingerprint density at radius 3 is 2.64 bits per heavy atom. The van der Waals surface area contributed by atoms with Gasteiger partial charge in [0.1, 0.15) is 11.8 Å². The molecule has 1 atom stereocenters. The molecule has 1 aromatic carbocycles. The smallest absolute Gasteiger partial charge is 0.243 e. The summed E-state index contributed by atoms with van der Waals surface area (Å²) in [5.41, 5.74) is 3.30. The van der Waals surface area contributed by atoms with E-state index in [4.69, 9.17) is 4.42 Å². The van der Waals surface area contributed by atoms with Crippen molar-refractivity contribution in [3.8, 4) is 0 Å². The lowest BCUT2D eigenvalue weighted by Gasteiger charge is -2.18. The van der Waals surface area contributed by atoms with Crippen LogP contribution >= 0.6 is 0 Å². The molecular weight excluding hydrogens is 276 g/mol. The van der Waals surface area contributed by atoms with E-state index < -0.39 is 0 Å². The highest BCUT2D eigenvalue weighted by molar-refractivity contribution is 6.03. The fraction of sp³-hybridized carbons (Fsp3) is 0.333. The van der Waals surface area contributed by atoms with Crippen LogP contribution in [0.15, 0.2) is 52.2 Å². The molecule has 0 spiro atoms. The van der Waals surface area contributed by atoms with Crippen LogP contribution in [0.25, 0.3) is 0 Å². The number of hydrazone groups is 1. The third-order valence-electron chi connectivity index (χ3n) is 4.04. The molecule has 0 N–H and O–H groups in total. The third-order valence-corrected chi connectivity index (χ3v) is 4.04. The first kappa shape index (κ1) is 14.6. The number of carbonyl (C=O) groups is 1. The third kappa shape index (κ3) is 2.69. The van der Waals surface area contributed by atoms with Crippen molar-refractivity contribution >= 4 is 11.6 Å². The van der Waals surface area contributed by atoms with Crippen LogP contribution in [0.4, 0.5) is 0 Å². The van der Waals surface area contributed by atoms with Crippen LogP contribution in [0, 0.1) is 0 Å². The Balaban J connectivity index is 1.90. The molecule has 1 aromatic heterocycles. The number of nitrogens with zero attached hydrogens (tertiary/aromatic N) is 2.